The third-order valence-corrected chi connectivity index (χ3v) is 5.92. The van der Waals surface area contributed by atoms with Crippen LogP contribution in [0, 0.1) is 11.3 Å². The van der Waals surface area contributed by atoms with E-state index in [9.17, 15) is 4.79 Å². The molecule has 2 fully saturated rings. The largest absolute Gasteiger partial charge is 0.466 e. The number of aromatic nitrogens is 3. The Kier molecular flexibility index (Phi) is 5.52. The Morgan fingerprint density at radius 2 is 2.11 bits per heavy atom. The van der Waals surface area contributed by atoms with Gasteiger partial charge in [-0.05, 0) is 44.0 Å². The lowest BCUT2D eigenvalue weighted by Gasteiger charge is -2.31. The van der Waals surface area contributed by atoms with Gasteiger partial charge in [0.15, 0.2) is 0 Å². The van der Waals surface area contributed by atoms with Gasteiger partial charge >= 0.3 is 5.97 Å². The Labute approximate surface area is 165 Å². The van der Waals surface area contributed by atoms with Crippen molar-refractivity contribution in [3.05, 3.63) is 48.5 Å². The molecule has 0 radical (unpaired) electrons. The predicted molar refractivity (Wildman–Crippen MR) is 106 cm³/mol. The summed E-state index contributed by atoms with van der Waals surface area (Å²) >= 11 is 0. The van der Waals surface area contributed by atoms with Crippen molar-refractivity contribution in [2.24, 2.45) is 11.3 Å². The second-order valence-electron chi connectivity index (χ2n) is 7.70. The van der Waals surface area contributed by atoms with E-state index in [0.29, 0.717) is 19.1 Å². The lowest BCUT2D eigenvalue weighted by molar-refractivity contribution is -0.157. The number of hydrogen-bond donors (Lipinski definition) is 0. The van der Waals surface area contributed by atoms with Gasteiger partial charge in [-0.3, -0.25) is 14.7 Å². The Hall–Kier alpha value is -2.54. The van der Waals surface area contributed by atoms with Crippen molar-refractivity contribution in [3.8, 4) is 0 Å². The van der Waals surface area contributed by atoms with E-state index in [-0.39, 0.29) is 11.9 Å². The van der Waals surface area contributed by atoms with Crippen LogP contribution in [0.4, 0.5) is 5.95 Å². The monoisotopic (exact) mass is 381 g/mol. The zero-order valence-electron chi connectivity index (χ0n) is 16.3. The lowest BCUT2D eigenvalue weighted by atomic mass is 9.75. The second-order valence-corrected chi connectivity index (χ2v) is 7.70. The fourth-order valence-electron chi connectivity index (χ4n) is 4.62. The van der Waals surface area contributed by atoms with Gasteiger partial charge in [0.1, 0.15) is 0 Å². The number of carbonyl (C=O) groups excluding carboxylic acids is 1. The minimum absolute atomic E-state index is 0.0679. The number of nitrogens with zero attached hydrogens (tertiary/aromatic N) is 5. The molecule has 2 aliphatic rings. The highest BCUT2D eigenvalue weighted by Gasteiger charge is 2.54. The van der Waals surface area contributed by atoms with Gasteiger partial charge in [-0.1, -0.05) is 6.07 Å². The molecular weight excluding hydrogens is 354 g/mol. The SMILES string of the molecule is CCOC(=O)[C@]12CCCN(Cc3cccnc3)C[C@H]1CN(c1ncccn1)C2. The van der Waals surface area contributed by atoms with E-state index in [4.69, 9.17) is 4.74 Å². The molecule has 0 unspecified atom stereocenters. The maximum atomic E-state index is 13.1. The zero-order valence-corrected chi connectivity index (χ0v) is 16.3. The molecule has 0 spiro atoms. The molecule has 2 atom stereocenters. The van der Waals surface area contributed by atoms with Gasteiger partial charge in [-0.15, -0.1) is 0 Å². The normalized spacial score (nSPS) is 25.2. The van der Waals surface area contributed by atoms with E-state index in [2.05, 4.69) is 30.8 Å². The summed E-state index contributed by atoms with van der Waals surface area (Å²) in [6.07, 6.45) is 9.03. The summed E-state index contributed by atoms with van der Waals surface area (Å²) in [7, 11) is 0. The summed E-state index contributed by atoms with van der Waals surface area (Å²) in [5, 5.41) is 0. The fourth-order valence-corrected chi connectivity index (χ4v) is 4.62. The first-order valence-corrected chi connectivity index (χ1v) is 10.0. The fraction of sp³-hybridized carbons (Fsp3) is 0.524. The molecule has 0 N–H and O–H groups in total. The highest BCUT2D eigenvalue weighted by atomic mass is 16.5. The van der Waals surface area contributed by atoms with Gasteiger partial charge in [0, 0.05) is 56.9 Å². The van der Waals surface area contributed by atoms with Crippen molar-refractivity contribution in [1.29, 1.82) is 0 Å². The van der Waals surface area contributed by atoms with E-state index in [1.807, 2.05) is 25.3 Å². The van der Waals surface area contributed by atoms with Crippen LogP contribution < -0.4 is 4.90 Å². The molecule has 28 heavy (non-hydrogen) atoms. The minimum atomic E-state index is -0.487. The van der Waals surface area contributed by atoms with Crippen LogP contribution in [0.15, 0.2) is 43.0 Å². The molecule has 0 amide bonds. The summed E-state index contributed by atoms with van der Waals surface area (Å²) in [4.78, 5) is 30.7. The van der Waals surface area contributed by atoms with Gasteiger partial charge in [0.25, 0.3) is 0 Å². The Morgan fingerprint density at radius 1 is 1.25 bits per heavy atom. The Balaban J connectivity index is 1.58. The van der Waals surface area contributed by atoms with Crippen molar-refractivity contribution in [2.75, 3.05) is 37.7 Å². The lowest BCUT2D eigenvalue weighted by Crippen LogP contribution is -2.42. The van der Waals surface area contributed by atoms with Gasteiger partial charge in [0.2, 0.25) is 5.95 Å². The summed E-state index contributed by atoms with van der Waals surface area (Å²) in [5.74, 6) is 0.814. The number of pyridine rings is 1. The van der Waals surface area contributed by atoms with Crippen LogP contribution in [-0.2, 0) is 16.1 Å². The van der Waals surface area contributed by atoms with Crippen molar-refractivity contribution < 1.29 is 9.53 Å². The first-order valence-electron chi connectivity index (χ1n) is 10.0. The number of anilines is 1. The topological polar surface area (TPSA) is 71.5 Å². The summed E-state index contributed by atoms with van der Waals surface area (Å²) in [5.41, 5.74) is 0.714. The highest BCUT2D eigenvalue weighted by molar-refractivity contribution is 5.79. The average Bonchev–Trinajstić information content (AvgIpc) is 3.00. The molecule has 4 heterocycles. The number of likely N-dealkylation sites (tertiary alicyclic amines) is 1. The highest BCUT2D eigenvalue weighted by Crippen LogP contribution is 2.44. The molecule has 148 valence electrons. The number of esters is 1. The standard InChI is InChI=1S/C21H27N5O2/c1-2-28-19(27)21-7-4-11-25(13-17-6-3-8-22-12-17)14-18(21)15-26(16-21)20-23-9-5-10-24-20/h3,5-6,8-10,12,18H,2,4,7,11,13-16H2,1H3/t18-,21-/m0/s1. The van der Waals surface area contributed by atoms with Crippen molar-refractivity contribution in [1.82, 2.24) is 19.9 Å². The molecule has 2 aromatic heterocycles. The zero-order chi connectivity index (χ0) is 19.4. The van der Waals surface area contributed by atoms with Crippen LogP contribution in [0.5, 0.6) is 0 Å². The number of carbonyl (C=O) groups is 1. The molecular formula is C21H27N5O2. The first kappa shape index (κ1) is 18.8. The number of ether oxygens (including phenoxy) is 1. The van der Waals surface area contributed by atoms with Gasteiger partial charge < -0.3 is 9.64 Å². The quantitative estimate of drug-likeness (QED) is 0.735. The van der Waals surface area contributed by atoms with Crippen LogP contribution in [0.1, 0.15) is 25.3 Å². The molecule has 0 bridgehead atoms. The average molecular weight is 381 g/mol. The van der Waals surface area contributed by atoms with Gasteiger partial charge in [-0.2, -0.15) is 0 Å². The van der Waals surface area contributed by atoms with Gasteiger partial charge in [0.05, 0.1) is 12.0 Å². The maximum absolute atomic E-state index is 13.1. The van der Waals surface area contributed by atoms with E-state index in [1.165, 1.54) is 5.56 Å². The minimum Gasteiger partial charge on any atom is -0.466 e. The van der Waals surface area contributed by atoms with Crippen LogP contribution in [0.2, 0.25) is 0 Å². The third-order valence-electron chi connectivity index (χ3n) is 5.92. The summed E-state index contributed by atoms with van der Waals surface area (Å²) < 4.78 is 5.54. The molecule has 2 aromatic rings. The first-order chi connectivity index (χ1) is 13.7. The Morgan fingerprint density at radius 3 is 2.86 bits per heavy atom. The van der Waals surface area contributed by atoms with E-state index in [0.717, 1.165) is 39.0 Å². The van der Waals surface area contributed by atoms with Crippen LogP contribution in [0.3, 0.4) is 0 Å². The van der Waals surface area contributed by atoms with Crippen molar-refractivity contribution in [3.63, 3.8) is 0 Å². The number of rotatable bonds is 5. The summed E-state index contributed by atoms with van der Waals surface area (Å²) in [6, 6.07) is 5.89. The third kappa shape index (κ3) is 3.71. The van der Waals surface area contributed by atoms with Gasteiger partial charge in [-0.25, -0.2) is 9.97 Å². The Bertz CT molecular complexity index is 788. The molecule has 4 rings (SSSR count). The van der Waals surface area contributed by atoms with Crippen LogP contribution in [-0.4, -0.2) is 58.6 Å². The van der Waals surface area contributed by atoms with Crippen LogP contribution >= 0.6 is 0 Å². The van der Waals surface area contributed by atoms with Crippen molar-refractivity contribution >= 4 is 11.9 Å². The van der Waals surface area contributed by atoms with E-state index >= 15 is 0 Å². The predicted octanol–water partition coefficient (Wildman–Crippen LogP) is 2.15. The molecule has 2 saturated heterocycles. The van der Waals surface area contributed by atoms with E-state index < -0.39 is 5.41 Å². The number of fused-ring (bicyclic) bond motifs is 1. The molecule has 0 aromatic carbocycles. The summed E-state index contributed by atoms with van der Waals surface area (Å²) in [6.45, 7) is 6.38. The molecule has 0 saturated carbocycles. The molecule has 7 heteroatoms. The molecule has 7 nitrogen and oxygen atoms in total. The second kappa shape index (κ2) is 8.22. The maximum Gasteiger partial charge on any atom is 0.314 e. The number of hydrogen-bond acceptors (Lipinski definition) is 7. The smallest absolute Gasteiger partial charge is 0.314 e. The molecule has 2 aliphatic heterocycles. The van der Waals surface area contributed by atoms with Crippen molar-refractivity contribution in [2.45, 2.75) is 26.3 Å². The van der Waals surface area contributed by atoms with E-state index in [1.54, 1.807) is 18.6 Å². The molecule has 0 aliphatic carbocycles. The van der Waals surface area contributed by atoms with Crippen LogP contribution in [0.25, 0.3) is 0 Å².